The van der Waals surface area contributed by atoms with Crippen LogP contribution < -0.4 is 5.32 Å². The number of nitrogens with one attached hydrogen (secondary N) is 1. The first-order valence-corrected chi connectivity index (χ1v) is 9.90. The van der Waals surface area contributed by atoms with Crippen LogP contribution in [0.4, 0.5) is 4.79 Å². The van der Waals surface area contributed by atoms with Gasteiger partial charge < -0.3 is 19.9 Å². The number of carboxylic acids is 1. The average molecular weight is 411 g/mol. The third-order valence-electron chi connectivity index (χ3n) is 4.92. The molecule has 7 heteroatoms. The van der Waals surface area contributed by atoms with Gasteiger partial charge in [0.15, 0.2) is 0 Å². The molecule has 0 heterocycles. The number of aliphatic carboxylic acids is 1. The van der Waals surface area contributed by atoms with Gasteiger partial charge in [-0.2, -0.15) is 0 Å². The fraction of sp³-hybridized carbons (Fsp3) is 0.348. The molecular formula is C23H25NO6. The Labute approximate surface area is 175 Å². The zero-order valence-electron chi connectivity index (χ0n) is 17.0. The number of ether oxygens (including phenoxy) is 2. The summed E-state index contributed by atoms with van der Waals surface area (Å²) >= 11 is 0. The lowest BCUT2D eigenvalue weighted by Gasteiger charge is -2.19. The second kappa shape index (κ2) is 9.43. The average Bonchev–Trinajstić information content (AvgIpc) is 3.02. The van der Waals surface area contributed by atoms with E-state index < -0.39 is 24.1 Å². The molecular weight excluding hydrogens is 386 g/mol. The number of hydrogen-bond acceptors (Lipinski definition) is 5. The van der Waals surface area contributed by atoms with Gasteiger partial charge in [0.1, 0.15) is 12.6 Å². The van der Waals surface area contributed by atoms with Crippen LogP contribution in [0, 0.1) is 0 Å². The summed E-state index contributed by atoms with van der Waals surface area (Å²) in [6, 6.07) is 14.9. The lowest BCUT2D eigenvalue weighted by atomic mass is 9.98. The maximum absolute atomic E-state index is 12.4. The SMILES string of the molecule is CC(C)OC(=O)[C@H](CCC(=O)O)NC(=O)OCC1c2ccccc2-c2ccccc21. The van der Waals surface area contributed by atoms with E-state index in [4.69, 9.17) is 14.6 Å². The Hall–Kier alpha value is -3.35. The summed E-state index contributed by atoms with van der Waals surface area (Å²) in [7, 11) is 0. The number of rotatable bonds is 8. The molecule has 1 aliphatic carbocycles. The van der Waals surface area contributed by atoms with Crippen LogP contribution >= 0.6 is 0 Å². The summed E-state index contributed by atoms with van der Waals surface area (Å²) in [5, 5.41) is 11.3. The van der Waals surface area contributed by atoms with Gasteiger partial charge in [0.25, 0.3) is 0 Å². The van der Waals surface area contributed by atoms with Gasteiger partial charge in [-0.1, -0.05) is 48.5 Å². The molecule has 0 saturated carbocycles. The zero-order valence-corrected chi connectivity index (χ0v) is 17.0. The summed E-state index contributed by atoms with van der Waals surface area (Å²) in [6.45, 7) is 3.46. The summed E-state index contributed by atoms with van der Waals surface area (Å²) < 4.78 is 10.5. The number of hydrogen-bond donors (Lipinski definition) is 2. The van der Waals surface area contributed by atoms with Crippen LogP contribution in [-0.4, -0.2) is 41.9 Å². The molecule has 158 valence electrons. The van der Waals surface area contributed by atoms with E-state index in [-0.39, 0.29) is 31.5 Å². The van der Waals surface area contributed by atoms with E-state index in [1.165, 1.54) is 0 Å². The predicted molar refractivity (Wildman–Crippen MR) is 110 cm³/mol. The van der Waals surface area contributed by atoms with Gasteiger partial charge in [-0.25, -0.2) is 9.59 Å². The van der Waals surface area contributed by atoms with Crippen LogP contribution in [0.5, 0.6) is 0 Å². The van der Waals surface area contributed by atoms with Crippen molar-refractivity contribution in [1.29, 1.82) is 0 Å². The van der Waals surface area contributed by atoms with Crippen molar-refractivity contribution in [3.05, 3.63) is 59.7 Å². The third kappa shape index (κ3) is 4.97. The first kappa shape index (κ1) is 21.4. The molecule has 2 aromatic carbocycles. The standard InChI is InChI=1S/C23H25NO6/c1-14(2)30-22(27)20(11-12-21(25)26)24-23(28)29-13-19-17-9-5-3-7-15(17)16-8-4-6-10-18(16)19/h3-10,14,19-20H,11-13H2,1-2H3,(H,24,28)(H,25,26)/t20-/m0/s1. The number of esters is 1. The Morgan fingerprint density at radius 3 is 2.10 bits per heavy atom. The van der Waals surface area contributed by atoms with Gasteiger partial charge in [-0.15, -0.1) is 0 Å². The molecule has 0 radical (unpaired) electrons. The Morgan fingerprint density at radius 1 is 1.00 bits per heavy atom. The lowest BCUT2D eigenvalue weighted by molar-refractivity contribution is -0.150. The fourth-order valence-electron chi connectivity index (χ4n) is 3.61. The van der Waals surface area contributed by atoms with Crippen molar-refractivity contribution in [3.8, 4) is 11.1 Å². The predicted octanol–water partition coefficient (Wildman–Crippen LogP) is 3.71. The highest BCUT2D eigenvalue weighted by molar-refractivity contribution is 5.82. The van der Waals surface area contributed by atoms with Crippen LogP contribution in [0.25, 0.3) is 11.1 Å². The van der Waals surface area contributed by atoms with Gasteiger partial charge in [-0.05, 0) is 42.5 Å². The molecule has 1 aliphatic rings. The van der Waals surface area contributed by atoms with E-state index in [1.54, 1.807) is 13.8 Å². The molecule has 0 aromatic heterocycles. The molecule has 0 spiro atoms. The highest BCUT2D eigenvalue weighted by atomic mass is 16.6. The van der Waals surface area contributed by atoms with Crippen molar-refractivity contribution in [1.82, 2.24) is 5.32 Å². The van der Waals surface area contributed by atoms with Crippen LogP contribution in [0.3, 0.4) is 0 Å². The topological polar surface area (TPSA) is 102 Å². The van der Waals surface area contributed by atoms with Crippen molar-refractivity contribution < 1.29 is 29.0 Å². The first-order valence-electron chi connectivity index (χ1n) is 9.90. The Bertz CT molecular complexity index is 893. The van der Waals surface area contributed by atoms with E-state index in [9.17, 15) is 14.4 Å². The second-order valence-corrected chi connectivity index (χ2v) is 7.44. The highest BCUT2D eigenvalue weighted by Crippen LogP contribution is 2.44. The van der Waals surface area contributed by atoms with E-state index >= 15 is 0 Å². The molecule has 7 nitrogen and oxygen atoms in total. The number of benzene rings is 2. The largest absolute Gasteiger partial charge is 0.481 e. The van der Waals surface area contributed by atoms with Crippen LogP contribution in [-0.2, 0) is 19.1 Å². The molecule has 0 fully saturated rings. The first-order chi connectivity index (χ1) is 14.4. The van der Waals surface area contributed by atoms with Gasteiger partial charge in [0.2, 0.25) is 0 Å². The monoisotopic (exact) mass is 411 g/mol. The minimum atomic E-state index is -1.08. The maximum Gasteiger partial charge on any atom is 0.407 e. The van der Waals surface area contributed by atoms with E-state index in [0.29, 0.717) is 0 Å². The second-order valence-electron chi connectivity index (χ2n) is 7.44. The maximum atomic E-state index is 12.4. The van der Waals surface area contributed by atoms with Crippen molar-refractivity contribution in [3.63, 3.8) is 0 Å². The fourth-order valence-corrected chi connectivity index (χ4v) is 3.61. The minimum absolute atomic E-state index is 0.0783. The summed E-state index contributed by atoms with van der Waals surface area (Å²) in [5.41, 5.74) is 4.38. The molecule has 0 aliphatic heterocycles. The normalized spacial score (nSPS) is 13.3. The highest BCUT2D eigenvalue weighted by Gasteiger charge is 2.30. The van der Waals surface area contributed by atoms with Crippen molar-refractivity contribution >= 4 is 18.0 Å². The van der Waals surface area contributed by atoms with Crippen LogP contribution in [0.1, 0.15) is 43.7 Å². The molecule has 2 N–H and O–H groups in total. The number of carboxylic acid groups (broad SMARTS) is 1. The quantitative estimate of drug-likeness (QED) is 0.642. The van der Waals surface area contributed by atoms with Gasteiger partial charge in [0.05, 0.1) is 6.10 Å². The third-order valence-corrected chi connectivity index (χ3v) is 4.92. The Morgan fingerprint density at radius 2 is 1.57 bits per heavy atom. The molecule has 30 heavy (non-hydrogen) atoms. The molecule has 0 unspecified atom stereocenters. The van der Waals surface area contributed by atoms with E-state index in [2.05, 4.69) is 5.32 Å². The lowest BCUT2D eigenvalue weighted by Crippen LogP contribution is -2.43. The number of alkyl carbamates (subject to hydrolysis) is 1. The van der Waals surface area contributed by atoms with Crippen LogP contribution in [0.2, 0.25) is 0 Å². The molecule has 1 atom stereocenters. The number of fused-ring (bicyclic) bond motifs is 3. The number of carbonyl (C=O) groups is 3. The van der Waals surface area contributed by atoms with Gasteiger partial charge >= 0.3 is 18.0 Å². The number of amides is 1. The zero-order chi connectivity index (χ0) is 21.7. The molecule has 1 amide bonds. The summed E-state index contributed by atoms with van der Waals surface area (Å²) in [6.07, 6.45) is -1.52. The van der Waals surface area contributed by atoms with Gasteiger partial charge in [-0.3, -0.25) is 4.79 Å². The van der Waals surface area contributed by atoms with E-state index in [1.807, 2.05) is 48.5 Å². The molecule has 3 rings (SSSR count). The molecule has 2 aromatic rings. The van der Waals surface area contributed by atoms with Crippen molar-refractivity contribution in [2.75, 3.05) is 6.61 Å². The van der Waals surface area contributed by atoms with Crippen molar-refractivity contribution in [2.24, 2.45) is 0 Å². The Balaban J connectivity index is 1.66. The molecule has 0 bridgehead atoms. The van der Waals surface area contributed by atoms with Crippen molar-refractivity contribution in [2.45, 2.75) is 44.8 Å². The summed E-state index contributed by atoms with van der Waals surface area (Å²) in [5.74, 6) is -1.85. The van der Waals surface area contributed by atoms with Gasteiger partial charge in [0, 0.05) is 12.3 Å². The minimum Gasteiger partial charge on any atom is -0.481 e. The smallest absolute Gasteiger partial charge is 0.407 e. The van der Waals surface area contributed by atoms with E-state index in [0.717, 1.165) is 22.3 Å². The Kier molecular flexibility index (Phi) is 6.72. The molecule has 0 saturated heterocycles. The number of carbonyl (C=O) groups excluding carboxylic acids is 2. The summed E-state index contributed by atoms with van der Waals surface area (Å²) in [4.78, 5) is 35.5. The van der Waals surface area contributed by atoms with Crippen LogP contribution in [0.15, 0.2) is 48.5 Å².